The maximum absolute atomic E-state index is 14.6. The Labute approximate surface area is 169 Å². The summed E-state index contributed by atoms with van der Waals surface area (Å²) >= 11 is 0. The number of aryl methyl sites for hydroxylation is 1. The molecule has 0 fully saturated rings. The monoisotopic (exact) mass is 393 g/mol. The molecule has 0 aliphatic carbocycles. The number of anilines is 1. The number of rotatable bonds is 5. The van der Waals surface area contributed by atoms with Gasteiger partial charge in [-0.15, -0.1) is 10.2 Å². The lowest BCUT2D eigenvalue weighted by molar-refractivity contribution is -0.117. The van der Waals surface area contributed by atoms with Crippen molar-refractivity contribution in [3.8, 4) is 11.4 Å². The molecule has 3 N–H and O–H groups in total. The van der Waals surface area contributed by atoms with Crippen molar-refractivity contribution in [3.05, 3.63) is 65.7 Å². The maximum Gasteiger partial charge on any atom is 0.241 e. The predicted molar refractivity (Wildman–Crippen MR) is 110 cm³/mol. The second-order valence-corrected chi connectivity index (χ2v) is 7.38. The first kappa shape index (κ1) is 19.3. The number of benzene rings is 2. The fourth-order valence-electron chi connectivity index (χ4n) is 3.65. The molecule has 0 bridgehead atoms. The third-order valence-electron chi connectivity index (χ3n) is 5.22. The lowest BCUT2D eigenvalue weighted by Crippen LogP contribution is -2.37. The number of aromatic nitrogens is 3. The van der Waals surface area contributed by atoms with Gasteiger partial charge < -0.3 is 15.6 Å². The van der Waals surface area contributed by atoms with Gasteiger partial charge in [-0.1, -0.05) is 36.8 Å². The van der Waals surface area contributed by atoms with Crippen molar-refractivity contribution in [1.29, 1.82) is 0 Å². The molecular formula is C22H24FN5O. The molecular weight excluding hydrogens is 369 g/mol. The molecule has 6 nitrogen and oxygen atoms in total. The molecule has 0 saturated heterocycles. The average Bonchev–Trinajstić information content (AvgIpc) is 2.97. The number of carbonyl (C=O) groups excluding carboxylic acids is 1. The zero-order valence-electron chi connectivity index (χ0n) is 16.1. The Bertz CT molecular complexity index is 1000. The van der Waals surface area contributed by atoms with Gasteiger partial charge in [0.15, 0.2) is 5.82 Å². The van der Waals surface area contributed by atoms with Crippen LogP contribution in [0, 0.1) is 5.82 Å². The number of nitrogens with two attached hydrogens (primary N) is 1. The second kappa shape index (κ2) is 8.53. The summed E-state index contributed by atoms with van der Waals surface area (Å²) in [5, 5.41) is 11.3. The Morgan fingerprint density at radius 1 is 1.14 bits per heavy atom. The van der Waals surface area contributed by atoms with Gasteiger partial charge in [-0.05, 0) is 43.0 Å². The maximum atomic E-state index is 14.6. The lowest BCUT2D eigenvalue weighted by atomic mass is 10.1. The fraction of sp³-hybridized carbons (Fsp3) is 0.318. The van der Waals surface area contributed by atoms with Crippen molar-refractivity contribution in [1.82, 2.24) is 14.8 Å². The molecule has 3 aromatic rings. The first-order chi connectivity index (χ1) is 14.1. The highest BCUT2D eigenvalue weighted by molar-refractivity contribution is 5.95. The van der Waals surface area contributed by atoms with Crippen LogP contribution in [-0.4, -0.2) is 26.7 Å². The minimum absolute atomic E-state index is 0.313. The summed E-state index contributed by atoms with van der Waals surface area (Å²) in [5.41, 5.74) is 7.86. The largest absolute Gasteiger partial charge is 0.325 e. The van der Waals surface area contributed by atoms with Gasteiger partial charge in [0.2, 0.25) is 5.91 Å². The number of halogens is 1. The minimum atomic E-state index is -0.699. The summed E-state index contributed by atoms with van der Waals surface area (Å²) in [6.45, 7) is 0.773. The van der Waals surface area contributed by atoms with Gasteiger partial charge >= 0.3 is 0 Å². The Hall–Kier alpha value is -3.06. The van der Waals surface area contributed by atoms with Gasteiger partial charge in [0.05, 0.1) is 11.6 Å². The Kier molecular flexibility index (Phi) is 5.67. The van der Waals surface area contributed by atoms with E-state index in [0.717, 1.165) is 43.6 Å². The van der Waals surface area contributed by atoms with Crippen LogP contribution in [0.25, 0.3) is 11.4 Å². The van der Waals surface area contributed by atoms with Crippen LogP contribution < -0.4 is 11.1 Å². The van der Waals surface area contributed by atoms with Crippen molar-refractivity contribution >= 4 is 11.6 Å². The van der Waals surface area contributed by atoms with Crippen LogP contribution in [0.1, 0.15) is 30.7 Å². The Morgan fingerprint density at radius 2 is 1.97 bits per heavy atom. The van der Waals surface area contributed by atoms with Crippen LogP contribution in [-0.2, 0) is 24.2 Å². The van der Waals surface area contributed by atoms with Crippen molar-refractivity contribution in [2.45, 2.75) is 44.7 Å². The summed E-state index contributed by atoms with van der Waals surface area (Å²) < 4.78 is 16.6. The van der Waals surface area contributed by atoms with Gasteiger partial charge in [0, 0.05) is 18.7 Å². The molecule has 2 heterocycles. The van der Waals surface area contributed by atoms with E-state index in [4.69, 9.17) is 5.73 Å². The van der Waals surface area contributed by atoms with Gasteiger partial charge in [-0.2, -0.15) is 0 Å². The second-order valence-electron chi connectivity index (χ2n) is 7.38. The quantitative estimate of drug-likeness (QED) is 0.696. The number of fused-ring (bicyclic) bond motifs is 1. The van der Waals surface area contributed by atoms with Crippen molar-refractivity contribution in [2.24, 2.45) is 5.73 Å². The van der Waals surface area contributed by atoms with E-state index in [1.807, 2.05) is 34.9 Å². The van der Waals surface area contributed by atoms with Crippen LogP contribution in [0.15, 0.2) is 48.5 Å². The van der Waals surface area contributed by atoms with Crippen molar-refractivity contribution in [3.63, 3.8) is 0 Å². The summed E-state index contributed by atoms with van der Waals surface area (Å²) in [6.07, 6.45) is 4.49. The first-order valence-electron chi connectivity index (χ1n) is 9.94. The van der Waals surface area contributed by atoms with Gasteiger partial charge in [-0.3, -0.25) is 4.79 Å². The van der Waals surface area contributed by atoms with E-state index < -0.39 is 11.9 Å². The molecule has 1 aliphatic heterocycles. The number of nitrogens with zero attached hydrogens (tertiary/aromatic N) is 3. The molecule has 0 radical (unpaired) electrons. The third-order valence-corrected chi connectivity index (χ3v) is 5.22. The Balaban J connectivity index is 1.53. The van der Waals surface area contributed by atoms with Crippen LogP contribution in [0.3, 0.4) is 0 Å². The zero-order valence-corrected chi connectivity index (χ0v) is 16.1. The number of hydrogen-bond donors (Lipinski definition) is 2. The van der Waals surface area contributed by atoms with Crippen molar-refractivity contribution < 1.29 is 9.18 Å². The fourth-order valence-corrected chi connectivity index (χ4v) is 3.65. The molecule has 1 amide bonds. The number of amides is 1. The Morgan fingerprint density at radius 3 is 2.79 bits per heavy atom. The molecule has 1 unspecified atom stereocenters. The molecule has 1 atom stereocenters. The van der Waals surface area contributed by atoms with E-state index in [1.165, 1.54) is 12.1 Å². The van der Waals surface area contributed by atoms with E-state index in [9.17, 15) is 9.18 Å². The van der Waals surface area contributed by atoms with E-state index in [2.05, 4.69) is 15.5 Å². The number of carbonyl (C=O) groups is 1. The summed E-state index contributed by atoms with van der Waals surface area (Å²) in [7, 11) is 0. The molecule has 0 saturated carbocycles. The highest BCUT2D eigenvalue weighted by atomic mass is 19.1. The van der Waals surface area contributed by atoms with E-state index in [0.29, 0.717) is 23.5 Å². The number of hydrogen-bond acceptors (Lipinski definition) is 4. The van der Waals surface area contributed by atoms with Crippen LogP contribution >= 0.6 is 0 Å². The molecule has 1 aromatic heterocycles. The molecule has 4 rings (SSSR count). The molecule has 29 heavy (non-hydrogen) atoms. The molecule has 2 aromatic carbocycles. The first-order valence-corrected chi connectivity index (χ1v) is 9.94. The van der Waals surface area contributed by atoms with Gasteiger partial charge in [0.25, 0.3) is 0 Å². The molecule has 150 valence electrons. The van der Waals surface area contributed by atoms with Crippen molar-refractivity contribution in [2.75, 3.05) is 5.32 Å². The molecule has 0 spiro atoms. The van der Waals surface area contributed by atoms with Crippen LogP contribution in [0.4, 0.5) is 10.1 Å². The normalized spacial score (nSPS) is 14.7. The van der Waals surface area contributed by atoms with Crippen LogP contribution in [0.2, 0.25) is 0 Å². The van der Waals surface area contributed by atoms with Gasteiger partial charge in [-0.25, -0.2) is 4.39 Å². The minimum Gasteiger partial charge on any atom is -0.325 e. The van der Waals surface area contributed by atoms with E-state index >= 15 is 0 Å². The standard InChI is InChI=1S/C22H24FN5O/c23-18-11-10-16(25-22(29)19(24)13-15-7-3-1-4-8-15)14-17(18)21-27-26-20-9-5-2-6-12-28(20)21/h1,3-4,7-8,10-11,14,19H,2,5-6,9,12-13,24H2,(H,25,29). The molecule has 1 aliphatic rings. The van der Waals surface area contributed by atoms with Gasteiger partial charge in [0.1, 0.15) is 11.6 Å². The highest BCUT2D eigenvalue weighted by Crippen LogP contribution is 2.27. The van der Waals surface area contributed by atoms with Crippen LogP contribution in [0.5, 0.6) is 0 Å². The number of nitrogens with one attached hydrogen (secondary N) is 1. The summed E-state index contributed by atoms with van der Waals surface area (Å²) in [6, 6.07) is 13.4. The topological polar surface area (TPSA) is 85.8 Å². The smallest absolute Gasteiger partial charge is 0.241 e. The lowest BCUT2D eigenvalue weighted by Gasteiger charge is -2.14. The SMILES string of the molecule is NC(Cc1ccccc1)C(=O)Nc1ccc(F)c(-c2nnc3n2CCCCC3)c1. The summed E-state index contributed by atoms with van der Waals surface area (Å²) in [5.74, 6) is 0.683. The average molecular weight is 393 g/mol. The highest BCUT2D eigenvalue weighted by Gasteiger charge is 2.20. The zero-order chi connectivity index (χ0) is 20.2. The van der Waals surface area contributed by atoms with E-state index in [1.54, 1.807) is 6.07 Å². The third kappa shape index (κ3) is 4.35. The predicted octanol–water partition coefficient (Wildman–Crippen LogP) is 3.32. The summed E-state index contributed by atoms with van der Waals surface area (Å²) in [4.78, 5) is 12.5. The van der Waals surface area contributed by atoms with E-state index in [-0.39, 0.29) is 5.91 Å². The molecule has 7 heteroatoms.